The van der Waals surface area contributed by atoms with Gasteiger partial charge in [0.2, 0.25) is 5.88 Å². The Kier molecular flexibility index (Phi) is 5.39. The van der Waals surface area contributed by atoms with E-state index in [1.54, 1.807) is 12.1 Å². The minimum Gasteiger partial charge on any atom is -0.444 e. The molecule has 0 saturated heterocycles. The highest BCUT2D eigenvalue weighted by atomic mass is 35.5. The zero-order chi connectivity index (χ0) is 16.9. The van der Waals surface area contributed by atoms with Crippen molar-refractivity contribution < 1.29 is 14.3 Å². The molecule has 1 amide bonds. The van der Waals surface area contributed by atoms with Gasteiger partial charge in [-0.2, -0.15) is 0 Å². The fraction of sp³-hybridized carbons (Fsp3) is 0.312. The Hall–Kier alpha value is -2.34. The van der Waals surface area contributed by atoms with Crippen LogP contribution >= 0.6 is 11.6 Å². The van der Waals surface area contributed by atoms with Crippen molar-refractivity contribution in [3.8, 4) is 11.6 Å². The standard InChI is InChI=1S/C16H18ClN3O3/c1-16(2,3)23-15(21)19-8-11-5-4-6-12(7-11)22-14-13(17)9-18-10-20-14/h4-7,9-10H,8H2,1-3H3,(H,19,21). The first-order valence-corrected chi connectivity index (χ1v) is 7.40. The van der Waals surface area contributed by atoms with Crippen LogP contribution in [0, 0.1) is 0 Å². The lowest BCUT2D eigenvalue weighted by Gasteiger charge is -2.19. The number of benzene rings is 1. The summed E-state index contributed by atoms with van der Waals surface area (Å²) in [5.41, 5.74) is 0.331. The second-order valence-electron chi connectivity index (χ2n) is 5.78. The average molecular weight is 336 g/mol. The van der Waals surface area contributed by atoms with Gasteiger partial charge in [-0.3, -0.25) is 0 Å². The van der Waals surface area contributed by atoms with Crippen molar-refractivity contribution in [3.05, 3.63) is 47.4 Å². The van der Waals surface area contributed by atoms with Crippen LogP contribution in [0.25, 0.3) is 0 Å². The van der Waals surface area contributed by atoms with E-state index in [2.05, 4.69) is 15.3 Å². The predicted octanol–water partition coefficient (Wildman–Crippen LogP) is 3.95. The molecule has 0 aliphatic heterocycles. The van der Waals surface area contributed by atoms with E-state index in [0.717, 1.165) is 5.56 Å². The molecule has 0 radical (unpaired) electrons. The monoisotopic (exact) mass is 335 g/mol. The molecule has 0 aliphatic carbocycles. The largest absolute Gasteiger partial charge is 0.444 e. The number of alkyl carbamates (subject to hydrolysis) is 1. The van der Waals surface area contributed by atoms with E-state index in [4.69, 9.17) is 21.1 Å². The Balaban J connectivity index is 1.97. The average Bonchev–Trinajstić information content (AvgIpc) is 2.46. The molecule has 0 unspecified atom stereocenters. The first-order valence-electron chi connectivity index (χ1n) is 7.02. The van der Waals surface area contributed by atoms with Crippen molar-refractivity contribution in [1.29, 1.82) is 0 Å². The van der Waals surface area contributed by atoms with E-state index in [9.17, 15) is 4.79 Å². The second kappa shape index (κ2) is 7.28. The van der Waals surface area contributed by atoms with Gasteiger partial charge in [0.25, 0.3) is 0 Å². The molecule has 1 aromatic carbocycles. The molecule has 6 nitrogen and oxygen atoms in total. The van der Waals surface area contributed by atoms with Crippen LogP contribution in [0.1, 0.15) is 26.3 Å². The highest BCUT2D eigenvalue weighted by Gasteiger charge is 2.15. The number of ether oxygens (including phenoxy) is 2. The molecule has 0 saturated carbocycles. The summed E-state index contributed by atoms with van der Waals surface area (Å²) >= 11 is 5.95. The van der Waals surface area contributed by atoms with Crippen LogP contribution in [0.3, 0.4) is 0 Å². The second-order valence-corrected chi connectivity index (χ2v) is 6.19. The molecular weight excluding hydrogens is 318 g/mol. The molecule has 0 aliphatic rings. The Morgan fingerprint density at radius 1 is 1.35 bits per heavy atom. The molecule has 2 rings (SSSR count). The number of hydrogen-bond acceptors (Lipinski definition) is 5. The molecule has 1 aromatic heterocycles. The molecule has 2 aromatic rings. The van der Waals surface area contributed by atoms with Gasteiger partial charge in [-0.1, -0.05) is 23.7 Å². The Morgan fingerprint density at radius 3 is 2.83 bits per heavy atom. The van der Waals surface area contributed by atoms with Crippen LogP contribution in [-0.2, 0) is 11.3 Å². The van der Waals surface area contributed by atoms with Gasteiger partial charge in [-0.05, 0) is 38.5 Å². The van der Waals surface area contributed by atoms with Crippen LogP contribution in [0.15, 0.2) is 36.8 Å². The predicted molar refractivity (Wildman–Crippen MR) is 86.6 cm³/mol. The SMILES string of the molecule is CC(C)(C)OC(=O)NCc1cccc(Oc2ncncc2Cl)c1. The van der Waals surface area contributed by atoms with Gasteiger partial charge in [-0.15, -0.1) is 0 Å². The van der Waals surface area contributed by atoms with Crippen LogP contribution in [0.2, 0.25) is 5.02 Å². The number of aromatic nitrogens is 2. The van der Waals surface area contributed by atoms with E-state index in [1.807, 2.05) is 32.9 Å². The van der Waals surface area contributed by atoms with Gasteiger partial charge < -0.3 is 14.8 Å². The van der Waals surface area contributed by atoms with Gasteiger partial charge in [0.05, 0.1) is 6.20 Å². The summed E-state index contributed by atoms with van der Waals surface area (Å²) in [6, 6.07) is 7.24. The number of halogens is 1. The van der Waals surface area contributed by atoms with Crippen LogP contribution in [0.4, 0.5) is 4.79 Å². The zero-order valence-corrected chi connectivity index (χ0v) is 13.9. The summed E-state index contributed by atoms with van der Waals surface area (Å²) in [6.45, 7) is 5.76. The van der Waals surface area contributed by atoms with Crippen molar-refractivity contribution in [2.45, 2.75) is 32.9 Å². The van der Waals surface area contributed by atoms with Gasteiger partial charge in [0.1, 0.15) is 22.7 Å². The molecule has 122 valence electrons. The fourth-order valence-corrected chi connectivity index (χ4v) is 1.84. The van der Waals surface area contributed by atoms with E-state index in [0.29, 0.717) is 17.3 Å². The van der Waals surface area contributed by atoms with E-state index in [-0.39, 0.29) is 5.88 Å². The maximum absolute atomic E-state index is 11.7. The van der Waals surface area contributed by atoms with Crippen molar-refractivity contribution in [1.82, 2.24) is 15.3 Å². The van der Waals surface area contributed by atoms with Crippen LogP contribution < -0.4 is 10.1 Å². The number of amides is 1. The third kappa shape index (κ3) is 5.75. The van der Waals surface area contributed by atoms with Crippen LogP contribution in [0.5, 0.6) is 11.6 Å². The normalized spacial score (nSPS) is 11.0. The van der Waals surface area contributed by atoms with Gasteiger partial charge in [-0.25, -0.2) is 14.8 Å². The fourth-order valence-electron chi connectivity index (χ4n) is 1.70. The molecule has 0 fully saturated rings. The van der Waals surface area contributed by atoms with E-state index < -0.39 is 11.7 Å². The number of hydrogen-bond donors (Lipinski definition) is 1. The lowest BCUT2D eigenvalue weighted by molar-refractivity contribution is 0.0523. The summed E-state index contributed by atoms with van der Waals surface area (Å²) in [6.07, 6.45) is 2.34. The molecule has 0 atom stereocenters. The topological polar surface area (TPSA) is 73.3 Å². The van der Waals surface area contributed by atoms with Crippen LogP contribution in [-0.4, -0.2) is 21.7 Å². The van der Waals surface area contributed by atoms with Gasteiger partial charge in [0.15, 0.2) is 0 Å². The summed E-state index contributed by atoms with van der Waals surface area (Å²) < 4.78 is 10.8. The summed E-state index contributed by atoms with van der Waals surface area (Å²) in [7, 11) is 0. The van der Waals surface area contributed by atoms with Crippen molar-refractivity contribution in [2.75, 3.05) is 0 Å². The highest BCUT2D eigenvalue weighted by molar-refractivity contribution is 6.31. The number of nitrogens with zero attached hydrogens (tertiary/aromatic N) is 2. The molecule has 23 heavy (non-hydrogen) atoms. The Bertz CT molecular complexity index is 686. The van der Waals surface area contributed by atoms with E-state index >= 15 is 0 Å². The molecule has 7 heteroatoms. The highest BCUT2D eigenvalue weighted by Crippen LogP contribution is 2.26. The van der Waals surface area contributed by atoms with E-state index in [1.165, 1.54) is 12.5 Å². The zero-order valence-electron chi connectivity index (χ0n) is 13.2. The molecule has 1 heterocycles. The molecule has 0 bridgehead atoms. The van der Waals surface area contributed by atoms with Gasteiger partial charge >= 0.3 is 6.09 Å². The number of rotatable bonds is 4. The van der Waals surface area contributed by atoms with Crippen molar-refractivity contribution in [3.63, 3.8) is 0 Å². The molecule has 0 spiro atoms. The third-order valence-electron chi connectivity index (χ3n) is 2.58. The summed E-state index contributed by atoms with van der Waals surface area (Å²) in [4.78, 5) is 19.4. The first kappa shape index (κ1) is 17.0. The third-order valence-corrected chi connectivity index (χ3v) is 2.84. The number of nitrogens with one attached hydrogen (secondary N) is 1. The maximum atomic E-state index is 11.7. The van der Waals surface area contributed by atoms with Crippen molar-refractivity contribution >= 4 is 17.7 Å². The lowest BCUT2D eigenvalue weighted by atomic mass is 10.2. The number of carbonyl (C=O) groups is 1. The van der Waals surface area contributed by atoms with Gasteiger partial charge in [0, 0.05) is 6.54 Å². The summed E-state index contributed by atoms with van der Waals surface area (Å²) in [5, 5.41) is 3.01. The smallest absolute Gasteiger partial charge is 0.407 e. The lowest BCUT2D eigenvalue weighted by Crippen LogP contribution is -2.32. The summed E-state index contributed by atoms with van der Waals surface area (Å²) in [5.74, 6) is 0.841. The molecule has 1 N–H and O–H groups in total. The number of carbonyl (C=O) groups excluding carboxylic acids is 1. The maximum Gasteiger partial charge on any atom is 0.407 e. The Morgan fingerprint density at radius 2 is 2.13 bits per heavy atom. The Labute approximate surface area is 139 Å². The molecular formula is C16H18ClN3O3. The minimum absolute atomic E-state index is 0.277. The van der Waals surface area contributed by atoms with Crippen molar-refractivity contribution in [2.24, 2.45) is 0 Å². The quantitative estimate of drug-likeness (QED) is 0.915. The minimum atomic E-state index is -0.529. The first-order chi connectivity index (χ1) is 10.8.